The van der Waals surface area contributed by atoms with Crippen LogP contribution in [-0.2, 0) is 0 Å². The largest absolute Gasteiger partial charge is 0.396 e. The van der Waals surface area contributed by atoms with Crippen molar-refractivity contribution in [3.63, 3.8) is 0 Å². The number of amides is 2. The molecule has 1 aliphatic rings. The first-order chi connectivity index (χ1) is 18.2. The Hall–Kier alpha value is -4.03. The van der Waals surface area contributed by atoms with Crippen LogP contribution in [0, 0.1) is 19.7 Å². The van der Waals surface area contributed by atoms with Crippen molar-refractivity contribution in [2.45, 2.75) is 20.3 Å². The average Bonchev–Trinajstić information content (AvgIpc) is 3.41. The van der Waals surface area contributed by atoms with Gasteiger partial charge in [-0.05, 0) is 69.3 Å². The predicted octanol–water partition coefficient (Wildman–Crippen LogP) is 1.69. The summed E-state index contributed by atoms with van der Waals surface area (Å²) in [5.74, 6) is -1.26. The molecule has 1 saturated heterocycles. The van der Waals surface area contributed by atoms with Gasteiger partial charge in [0.15, 0.2) is 5.69 Å². The SMILES string of the molecule is Cc1c(C(=O)Nc2cc(-n3cc(C(=O)NCCCN)nn3)ccc2N2CCN(C)CC2)cc(N)c(F)c1C. The standard InChI is InChI=1S/C26H34FN9O2/c1-16-17(2)24(27)20(29)14-19(16)25(37)31-21-13-18(5-6-23(21)35-11-9-34(3)10-12-35)36-15-22(32-33-36)26(38)30-8-4-7-28/h5-6,13-15H,4,7-12,28-29H2,1-3H3,(H,30,38)(H,31,37). The van der Waals surface area contributed by atoms with Gasteiger partial charge in [0.1, 0.15) is 5.82 Å². The Balaban J connectivity index is 1.66. The van der Waals surface area contributed by atoms with Crippen LogP contribution in [0.5, 0.6) is 0 Å². The third kappa shape index (κ3) is 5.76. The molecule has 0 spiro atoms. The van der Waals surface area contributed by atoms with E-state index < -0.39 is 11.7 Å². The quantitative estimate of drug-likeness (QED) is 0.258. The van der Waals surface area contributed by atoms with Gasteiger partial charge in [0, 0.05) is 38.3 Å². The van der Waals surface area contributed by atoms with Crippen LogP contribution in [0.25, 0.3) is 5.69 Å². The number of hydrogen-bond donors (Lipinski definition) is 4. The fourth-order valence-corrected chi connectivity index (χ4v) is 4.31. The van der Waals surface area contributed by atoms with Gasteiger partial charge in [-0.15, -0.1) is 5.10 Å². The molecule has 0 atom stereocenters. The van der Waals surface area contributed by atoms with Gasteiger partial charge in [0.2, 0.25) is 0 Å². The molecule has 0 saturated carbocycles. The van der Waals surface area contributed by atoms with E-state index in [1.807, 2.05) is 12.1 Å². The molecule has 3 aromatic rings. The van der Waals surface area contributed by atoms with E-state index in [2.05, 4.69) is 37.8 Å². The molecule has 0 bridgehead atoms. The van der Waals surface area contributed by atoms with Crippen molar-refractivity contribution in [3.05, 3.63) is 58.7 Å². The Labute approximate surface area is 221 Å². The molecule has 2 amide bonds. The maximum absolute atomic E-state index is 14.3. The number of carbonyl (C=O) groups excluding carboxylic acids is 2. The fraction of sp³-hybridized carbons (Fsp3) is 0.385. The number of aromatic nitrogens is 3. The summed E-state index contributed by atoms with van der Waals surface area (Å²) in [6, 6.07) is 6.92. The predicted molar refractivity (Wildman–Crippen MR) is 145 cm³/mol. The number of likely N-dealkylation sites (N-methyl/N-ethyl adjacent to an activating group) is 1. The maximum Gasteiger partial charge on any atom is 0.273 e. The molecule has 202 valence electrons. The number of nitrogens with zero attached hydrogens (tertiary/aromatic N) is 5. The summed E-state index contributed by atoms with van der Waals surface area (Å²) in [5.41, 5.74) is 14.6. The lowest BCUT2D eigenvalue weighted by molar-refractivity contribution is 0.0947. The lowest BCUT2D eigenvalue weighted by Crippen LogP contribution is -2.44. The topological polar surface area (TPSA) is 147 Å². The Kier molecular flexibility index (Phi) is 8.23. The molecular formula is C26H34FN9O2. The number of benzene rings is 2. The highest BCUT2D eigenvalue weighted by Crippen LogP contribution is 2.31. The van der Waals surface area contributed by atoms with Gasteiger partial charge in [-0.2, -0.15) is 0 Å². The van der Waals surface area contributed by atoms with E-state index in [0.29, 0.717) is 47.6 Å². The molecule has 12 heteroatoms. The molecule has 6 N–H and O–H groups in total. The minimum Gasteiger partial charge on any atom is -0.396 e. The lowest BCUT2D eigenvalue weighted by atomic mass is 10.0. The van der Waals surface area contributed by atoms with Crippen molar-refractivity contribution in [1.82, 2.24) is 25.2 Å². The molecule has 0 radical (unpaired) electrons. The molecule has 1 aliphatic heterocycles. The van der Waals surface area contributed by atoms with Crippen LogP contribution in [0.3, 0.4) is 0 Å². The second kappa shape index (κ2) is 11.6. The first kappa shape index (κ1) is 27.0. The van der Waals surface area contributed by atoms with Gasteiger partial charge >= 0.3 is 0 Å². The highest BCUT2D eigenvalue weighted by Gasteiger charge is 2.22. The first-order valence-corrected chi connectivity index (χ1v) is 12.5. The summed E-state index contributed by atoms with van der Waals surface area (Å²) in [6.07, 6.45) is 2.19. The van der Waals surface area contributed by atoms with Crippen LogP contribution in [0.4, 0.5) is 21.5 Å². The molecule has 4 rings (SSSR count). The zero-order valence-electron chi connectivity index (χ0n) is 21.9. The minimum atomic E-state index is -0.520. The smallest absolute Gasteiger partial charge is 0.273 e. The van der Waals surface area contributed by atoms with E-state index in [1.165, 1.54) is 16.9 Å². The Bertz CT molecular complexity index is 1330. The number of nitrogens with one attached hydrogen (secondary N) is 2. The van der Waals surface area contributed by atoms with Crippen molar-refractivity contribution in [3.8, 4) is 5.69 Å². The number of piperazine rings is 1. The fourth-order valence-electron chi connectivity index (χ4n) is 4.31. The zero-order valence-corrected chi connectivity index (χ0v) is 21.9. The monoisotopic (exact) mass is 523 g/mol. The van der Waals surface area contributed by atoms with Gasteiger partial charge in [-0.3, -0.25) is 9.59 Å². The van der Waals surface area contributed by atoms with Crippen molar-refractivity contribution in [2.75, 3.05) is 62.3 Å². The third-order valence-electron chi connectivity index (χ3n) is 6.82. The van der Waals surface area contributed by atoms with Crippen LogP contribution < -0.4 is 27.0 Å². The van der Waals surface area contributed by atoms with Gasteiger partial charge in [-0.25, -0.2) is 9.07 Å². The van der Waals surface area contributed by atoms with Crippen LogP contribution >= 0.6 is 0 Å². The molecule has 2 heterocycles. The van der Waals surface area contributed by atoms with Gasteiger partial charge < -0.3 is 31.9 Å². The van der Waals surface area contributed by atoms with Crippen molar-refractivity contribution >= 4 is 28.9 Å². The summed E-state index contributed by atoms with van der Waals surface area (Å²) >= 11 is 0. The number of anilines is 3. The lowest BCUT2D eigenvalue weighted by Gasteiger charge is -2.35. The first-order valence-electron chi connectivity index (χ1n) is 12.5. The second-order valence-corrected chi connectivity index (χ2v) is 9.47. The molecule has 2 aromatic carbocycles. The second-order valence-electron chi connectivity index (χ2n) is 9.47. The molecule has 0 aliphatic carbocycles. The number of halogens is 1. The molecular weight excluding hydrogens is 489 g/mol. The summed E-state index contributed by atoms with van der Waals surface area (Å²) in [4.78, 5) is 30.2. The number of hydrogen-bond acceptors (Lipinski definition) is 8. The zero-order chi connectivity index (χ0) is 27.4. The van der Waals surface area contributed by atoms with Gasteiger partial charge in [0.05, 0.1) is 28.9 Å². The van der Waals surface area contributed by atoms with E-state index in [0.717, 1.165) is 31.9 Å². The summed E-state index contributed by atoms with van der Waals surface area (Å²) in [6.45, 7) is 7.56. The third-order valence-corrected chi connectivity index (χ3v) is 6.82. The molecule has 0 unspecified atom stereocenters. The Morgan fingerprint density at radius 2 is 1.82 bits per heavy atom. The van der Waals surface area contributed by atoms with Crippen LogP contribution in [0.15, 0.2) is 30.5 Å². The number of carbonyl (C=O) groups is 2. The summed E-state index contributed by atoms with van der Waals surface area (Å²) in [7, 11) is 2.07. The van der Waals surface area contributed by atoms with Crippen molar-refractivity contribution < 1.29 is 14.0 Å². The summed E-state index contributed by atoms with van der Waals surface area (Å²) in [5, 5.41) is 13.8. The Morgan fingerprint density at radius 1 is 1.08 bits per heavy atom. The minimum absolute atomic E-state index is 0.0776. The maximum atomic E-state index is 14.3. The molecule has 38 heavy (non-hydrogen) atoms. The van der Waals surface area contributed by atoms with E-state index >= 15 is 0 Å². The van der Waals surface area contributed by atoms with Crippen LogP contribution in [0.2, 0.25) is 0 Å². The van der Waals surface area contributed by atoms with E-state index in [9.17, 15) is 14.0 Å². The van der Waals surface area contributed by atoms with Crippen molar-refractivity contribution in [2.24, 2.45) is 5.73 Å². The highest BCUT2D eigenvalue weighted by atomic mass is 19.1. The van der Waals surface area contributed by atoms with Crippen LogP contribution in [-0.4, -0.2) is 78.0 Å². The van der Waals surface area contributed by atoms with Gasteiger partial charge in [-0.1, -0.05) is 5.21 Å². The number of rotatable bonds is 8. The molecule has 1 aromatic heterocycles. The normalized spacial score (nSPS) is 14.0. The van der Waals surface area contributed by atoms with E-state index in [1.54, 1.807) is 19.9 Å². The molecule has 1 fully saturated rings. The number of nitrogens with two attached hydrogens (primary N) is 2. The van der Waals surface area contributed by atoms with E-state index in [4.69, 9.17) is 11.5 Å². The van der Waals surface area contributed by atoms with Crippen molar-refractivity contribution in [1.29, 1.82) is 0 Å². The molecule has 11 nitrogen and oxygen atoms in total. The van der Waals surface area contributed by atoms with Crippen LogP contribution in [0.1, 0.15) is 38.4 Å². The van der Waals surface area contributed by atoms with Gasteiger partial charge in [0.25, 0.3) is 11.8 Å². The summed E-state index contributed by atoms with van der Waals surface area (Å²) < 4.78 is 15.7. The highest BCUT2D eigenvalue weighted by molar-refractivity contribution is 6.07. The average molecular weight is 524 g/mol. The Morgan fingerprint density at radius 3 is 2.53 bits per heavy atom. The van der Waals surface area contributed by atoms with E-state index in [-0.39, 0.29) is 17.3 Å². The number of nitrogen functional groups attached to an aromatic ring is 1.